The number of nitrogens with zero attached hydrogens (tertiary/aromatic N) is 1. The van der Waals surface area contributed by atoms with Gasteiger partial charge in [-0.2, -0.15) is 0 Å². The molecule has 6 heteroatoms. The third kappa shape index (κ3) is 11.1. The van der Waals surface area contributed by atoms with Gasteiger partial charge in [-0.05, 0) is 44.9 Å². The van der Waals surface area contributed by atoms with Gasteiger partial charge in [0.25, 0.3) is 0 Å². The summed E-state index contributed by atoms with van der Waals surface area (Å²) in [6, 6.07) is -0.221. The van der Waals surface area contributed by atoms with Crippen molar-refractivity contribution in [2.75, 3.05) is 26.7 Å². The highest BCUT2D eigenvalue weighted by molar-refractivity contribution is 5.85. The second kappa shape index (κ2) is 13.7. The molecule has 0 saturated carbocycles. The van der Waals surface area contributed by atoms with Crippen molar-refractivity contribution in [3.8, 4) is 0 Å². The molecule has 0 fully saturated rings. The van der Waals surface area contributed by atoms with Crippen LogP contribution in [-0.4, -0.2) is 50.6 Å². The fourth-order valence-electron chi connectivity index (χ4n) is 2.04. The number of hydrogen-bond acceptors (Lipinski definition) is 5. The zero-order valence-electron chi connectivity index (χ0n) is 13.4. The molecule has 0 heterocycles. The van der Waals surface area contributed by atoms with Crippen LogP contribution in [0.5, 0.6) is 0 Å². The van der Waals surface area contributed by atoms with Gasteiger partial charge in [0, 0.05) is 20.0 Å². The number of aliphatic imine (C=N–C) groups is 1. The molecule has 1 amide bonds. The number of likely N-dealkylation sites (N-methyl/N-ethyl adjacent to an activating group) is 1. The van der Waals surface area contributed by atoms with Gasteiger partial charge < -0.3 is 21.4 Å². The predicted octanol–water partition coefficient (Wildman–Crippen LogP) is 0.650. The van der Waals surface area contributed by atoms with E-state index in [-0.39, 0.29) is 24.3 Å². The van der Waals surface area contributed by atoms with Crippen LogP contribution in [0.3, 0.4) is 0 Å². The second-order valence-corrected chi connectivity index (χ2v) is 4.96. The molecule has 0 aromatic heterocycles. The molecule has 1 unspecified atom stereocenters. The molecule has 0 spiro atoms. The normalized spacial score (nSPS) is 12.5. The molecule has 122 valence electrons. The van der Waals surface area contributed by atoms with Gasteiger partial charge in [0.15, 0.2) is 5.78 Å². The van der Waals surface area contributed by atoms with Gasteiger partial charge in [0.05, 0.1) is 12.6 Å². The number of nitrogens with one attached hydrogen (secondary N) is 2. The molecule has 0 aromatic rings. The quantitative estimate of drug-likeness (QED) is 0.343. The van der Waals surface area contributed by atoms with Gasteiger partial charge in [-0.1, -0.05) is 6.92 Å². The Labute approximate surface area is 128 Å². The number of amides is 1. The van der Waals surface area contributed by atoms with Gasteiger partial charge in [0.1, 0.15) is 0 Å². The van der Waals surface area contributed by atoms with Crippen LogP contribution in [0.15, 0.2) is 4.99 Å². The number of Topliss-reactive ketones (excluding diaryl/α,β-unsaturated/α-hetero) is 1. The van der Waals surface area contributed by atoms with Crippen molar-refractivity contribution >= 4 is 17.9 Å². The average Bonchev–Trinajstić information content (AvgIpc) is 2.49. The van der Waals surface area contributed by atoms with Gasteiger partial charge in [0.2, 0.25) is 5.91 Å². The molecular formula is C15H30N4O2. The number of hydrogen-bond donors (Lipinski definition) is 3. The van der Waals surface area contributed by atoms with Crippen molar-refractivity contribution in [3.63, 3.8) is 0 Å². The summed E-state index contributed by atoms with van der Waals surface area (Å²) in [6.45, 7) is 3.43. The maximum absolute atomic E-state index is 11.6. The van der Waals surface area contributed by atoms with Crippen molar-refractivity contribution in [1.29, 1.82) is 0 Å². The summed E-state index contributed by atoms with van der Waals surface area (Å²) in [5.41, 5.74) is 5.37. The van der Waals surface area contributed by atoms with Crippen LogP contribution >= 0.6 is 0 Å². The lowest BCUT2D eigenvalue weighted by Gasteiger charge is -2.15. The minimum Gasteiger partial charge on any atom is -0.356 e. The standard InChI is InChI=1S/C15H30N4O2/c1-3-18-13(14(20)12-16)8-7-9-15(21)19-11-6-4-5-10-17-2/h10,13,18H,3-9,11-12,16H2,1-2H3,(H,19,21). The maximum atomic E-state index is 11.6. The third-order valence-electron chi connectivity index (χ3n) is 3.20. The Morgan fingerprint density at radius 3 is 2.67 bits per heavy atom. The van der Waals surface area contributed by atoms with E-state index in [9.17, 15) is 9.59 Å². The van der Waals surface area contributed by atoms with Crippen LogP contribution in [0, 0.1) is 0 Å². The summed E-state index contributed by atoms with van der Waals surface area (Å²) < 4.78 is 0. The van der Waals surface area contributed by atoms with Crippen molar-refractivity contribution in [2.24, 2.45) is 10.7 Å². The first-order valence-corrected chi connectivity index (χ1v) is 7.79. The van der Waals surface area contributed by atoms with Gasteiger partial charge in [-0.3, -0.25) is 9.59 Å². The summed E-state index contributed by atoms with van der Waals surface area (Å²) in [5.74, 6) is 0.0597. The van der Waals surface area contributed by atoms with Crippen LogP contribution < -0.4 is 16.4 Å². The molecule has 0 rings (SSSR count). The highest BCUT2D eigenvalue weighted by Gasteiger charge is 2.15. The topological polar surface area (TPSA) is 96.6 Å². The van der Waals surface area contributed by atoms with E-state index in [0.29, 0.717) is 25.8 Å². The molecule has 0 aliphatic carbocycles. The van der Waals surface area contributed by atoms with E-state index in [2.05, 4.69) is 15.6 Å². The average molecular weight is 298 g/mol. The Morgan fingerprint density at radius 1 is 1.29 bits per heavy atom. The minimum absolute atomic E-state index is 0.00912. The van der Waals surface area contributed by atoms with E-state index < -0.39 is 0 Å². The predicted molar refractivity (Wildman–Crippen MR) is 86.7 cm³/mol. The highest BCUT2D eigenvalue weighted by Crippen LogP contribution is 2.02. The summed E-state index contributed by atoms with van der Waals surface area (Å²) in [5, 5.41) is 6.00. The zero-order valence-corrected chi connectivity index (χ0v) is 13.4. The number of nitrogens with two attached hydrogens (primary N) is 1. The molecule has 4 N–H and O–H groups in total. The van der Waals surface area contributed by atoms with E-state index in [1.54, 1.807) is 7.05 Å². The van der Waals surface area contributed by atoms with E-state index in [4.69, 9.17) is 5.73 Å². The minimum atomic E-state index is -0.221. The van der Waals surface area contributed by atoms with Crippen molar-refractivity contribution < 1.29 is 9.59 Å². The lowest BCUT2D eigenvalue weighted by Crippen LogP contribution is -2.40. The molecule has 0 aliphatic rings. The first-order valence-electron chi connectivity index (χ1n) is 7.79. The summed E-state index contributed by atoms with van der Waals surface area (Å²) in [7, 11) is 1.76. The Hall–Kier alpha value is -1.27. The molecule has 0 saturated heterocycles. The van der Waals surface area contributed by atoms with Crippen molar-refractivity contribution in [3.05, 3.63) is 0 Å². The summed E-state index contributed by atoms with van der Waals surface area (Å²) in [6.07, 6.45) is 6.64. The fraction of sp³-hybridized carbons (Fsp3) is 0.800. The molecule has 21 heavy (non-hydrogen) atoms. The summed E-state index contributed by atoms with van der Waals surface area (Å²) in [4.78, 5) is 27.1. The zero-order chi connectivity index (χ0) is 15.9. The first kappa shape index (κ1) is 19.7. The van der Waals surface area contributed by atoms with Crippen LogP contribution in [0.2, 0.25) is 0 Å². The molecule has 6 nitrogen and oxygen atoms in total. The van der Waals surface area contributed by atoms with Crippen LogP contribution in [0.4, 0.5) is 0 Å². The van der Waals surface area contributed by atoms with Gasteiger partial charge in [-0.25, -0.2) is 0 Å². The number of carbonyl (C=O) groups is 2. The molecule has 1 atom stereocenters. The third-order valence-corrected chi connectivity index (χ3v) is 3.20. The van der Waals surface area contributed by atoms with Crippen molar-refractivity contribution in [2.45, 2.75) is 51.5 Å². The largest absolute Gasteiger partial charge is 0.356 e. The smallest absolute Gasteiger partial charge is 0.219 e. The lowest BCUT2D eigenvalue weighted by atomic mass is 10.0. The summed E-state index contributed by atoms with van der Waals surface area (Å²) >= 11 is 0. The van der Waals surface area contributed by atoms with E-state index >= 15 is 0 Å². The lowest BCUT2D eigenvalue weighted by molar-refractivity contribution is -0.122. The Bertz CT molecular complexity index is 319. The van der Waals surface area contributed by atoms with Gasteiger partial charge in [-0.15, -0.1) is 0 Å². The monoisotopic (exact) mass is 298 g/mol. The molecular weight excluding hydrogens is 268 g/mol. The molecule has 0 aromatic carbocycles. The van der Waals surface area contributed by atoms with Gasteiger partial charge >= 0.3 is 0 Å². The fourth-order valence-corrected chi connectivity index (χ4v) is 2.04. The number of rotatable bonds is 13. The van der Waals surface area contributed by atoms with E-state index in [0.717, 1.165) is 25.8 Å². The number of unbranched alkanes of at least 4 members (excludes halogenated alkanes) is 2. The Kier molecular flexibility index (Phi) is 12.9. The van der Waals surface area contributed by atoms with Crippen molar-refractivity contribution in [1.82, 2.24) is 10.6 Å². The number of ketones is 1. The molecule has 0 radical (unpaired) electrons. The SMILES string of the molecule is CCNC(CCCC(=O)NCCCCC=NC)C(=O)CN. The molecule has 0 aliphatic heterocycles. The molecule has 0 bridgehead atoms. The first-order chi connectivity index (χ1) is 10.2. The second-order valence-electron chi connectivity index (χ2n) is 4.96. The highest BCUT2D eigenvalue weighted by atomic mass is 16.1. The maximum Gasteiger partial charge on any atom is 0.219 e. The van der Waals surface area contributed by atoms with E-state index in [1.165, 1.54) is 0 Å². The Balaban J connectivity index is 3.69. The van der Waals surface area contributed by atoms with Crippen LogP contribution in [0.1, 0.15) is 45.4 Å². The number of carbonyl (C=O) groups excluding carboxylic acids is 2. The van der Waals surface area contributed by atoms with Crippen LogP contribution in [0.25, 0.3) is 0 Å². The van der Waals surface area contributed by atoms with E-state index in [1.807, 2.05) is 13.1 Å². The van der Waals surface area contributed by atoms with Crippen LogP contribution in [-0.2, 0) is 9.59 Å². The Morgan fingerprint density at radius 2 is 2.05 bits per heavy atom.